The molecule has 0 radical (unpaired) electrons. The van der Waals surface area contributed by atoms with Gasteiger partial charge in [-0.15, -0.1) is 0 Å². The zero-order valence-corrected chi connectivity index (χ0v) is 22.2. The van der Waals surface area contributed by atoms with Crippen molar-refractivity contribution in [2.45, 2.75) is 74.1 Å². The number of benzene rings is 1. The van der Waals surface area contributed by atoms with E-state index in [4.69, 9.17) is 4.79 Å². The van der Waals surface area contributed by atoms with Crippen LogP contribution < -0.4 is 11.1 Å². The Balaban J connectivity index is -0.000000158. The van der Waals surface area contributed by atoms with Crippen molar-refractivity contribution in [2.24, 2.45) is 11.7 Å². The Morgan fingerprint density at radius 3 is 1.72 bits per heavy atom. The van der Waals surface area contributed by atoms with E-state index >= 15 is 0 Å². The van der Waals surface area contributed by atoms with E-state index in [9.17, 15) is 0 Å². The Hall–Kier alpha value is -2.39. The smallest absolute Gasteiger partial charge is 0.204 e. The lowest BCUT2D eigenvalue weighted by molar-refractivity contribution is -0.106. The number of allylic oxidation sites excluding steroid dienone is 8. The lowest BCUT2D eigenvalue weighted by Gasteiger charge is -1.87. The quantitative estimate of drug-likeness (QED) is 0.267. The maximum absolute atomic E-state index is 8.58. The molecule has 3 heteroatoms. The molecule has 3 nitrogen and oxygen atoms in total. The van der Waals surface area contributed by atoms with Gasteiger partial charge >= 0.3 is 0 Å². The van der Waals surface area contributed by atoms with Gasteiger partial charge in [-0.2, -0.15) is 0 Å². The van der Waals surface area contributed by atoms with Gasteiger partial charge in [-0.3, -0.25) is 4.79 Å². The van der Waals surface area contributed by atoms with Gasteiger partial charge in [-0.05, 0) is 72.9 Å². The van der Waals surface area contributed by atoms with Crippen LogP contribution in [0.4, 0.5) is 0 Å². The summed E-state index contributed by atoms with van der Waals surface area (Å²) in [7, 11) is 2.01. The van der Waals surface area contributed by atoms with Crippen LogP contribution in [0.15, 0.2) is 78.9 Å². The van der Waals surface area contributed by atoms with Gasteiger partial charge in [-0.25, -0.2) is 0 Å². The molecule has 0 atom stereocenters. The van der Waals surface area contributed by atoms with E-state index in [0.29, 0.717) is 0 Å². The summed E-state index contributed by atoms with van der Waals surface area (Å²) in [4.78, 5) is 8.58. The summed E-state index contributed by atoms with van der Waals surface area (Å²) in [5.41, 5.74) is 5.49. The van der Waals surface area contributed by atoms with Crippen LogP contribution in [0.3, 0.4) is 0 Å². The summed E-state index contributed by atoms with van der Waals surface area (Å²) >= 11 is 0. The third kappa shape index (κ3) is 50.8. The summed E-state index contributed by atoms with van der Waals surface area (Å²) < 4.78 is 0. The summed E-state index contributed by atoms with van der Waals surface area (Å²) in [6, 6.07) is 10.3. The molecule has 1 aromatic carbocycles. The normalized spacial score (nSPS) is 11.6. The van der Waals surface area contributed by atoms with Crippen molar-refractivity contribution in [2.75, 3.05) is 13.6 Å². The monoisotopic (exact) mass is 444 g/mol. The highest BCUT2D eigenvalue weighted by atomic mass is 16.1. The van der Waals surface area contributed by atoms with Crippen LogP contribution in [-0.2, 0) is 4.79 Å². The molecule has 2 rings (SSSR count). The van der Waals surface area contributed by atoms with E-state index in [0.717, 1.165) is 18.8 Å². The molecule has 1 amide bonds. The van der Waals surface area contributed by atoms with Crippen molar-refractivity contribution in [1.29, 1.82) is 0 Å². The Morgan fingerprint density at radius 2 is 1.44 bits per heavy atom. The Labute approximate surface area is 200 Å². The zero-order valence-electron chi connectivity index (χ0n) is 22.2. The molecular formula is C29H52N2O. The number of amides is 1. The number of hydrogen-bond acceptors (Lipinski definition) is 2. The van der Waals surface area contributed by atoms with Crippen molar-refractivity contribution in [1.82, 2.24) is 5.32 Å². The molecule has 0 aliphatic heterocycles. The topological polar surface area (TPSA) is 55.1 Å². The first kappa shape index (κ1) is 37.0. The summed E-state index contributed by atoms with van der Waals surface area (Å²) in [5, 5.41) is 3.13. The van der Waals surface area contributed by atoms with Crippen molar-refractivity contribution < 1.29 is 4.79 Å². The minimum absolute atomic E-state index is 0.250. The predicted molar refractivity (Wildman–Crippen MR) is 148 cm³/mol. The second-order valence-corrected chi connectivity index (χ2v) is 6.53. The minimum atomic E-state index is 0.250. The number of carbonyl (C=O) groups is 1. The largest absolute Gasteiger partial charge is 0.372 e. The molecule has 1 aliphatic rings. The maximum atomic E-state index is 8.58. The average molecular weight is 445 g/mol. The van der Waals surface area contributed by atoms with Gasteiger partial charge in [0.15, 0.2) is 0 Å². The van der Waals surface area contributed by atoms with Crippen LogP contribution in [0.25, 0.3) is 0 Å². The molecule has 1 aromatic rings. The number of carbonyl (C=O) groups excluding carboxylic acids is 1. The van der Waals surface area contributed by atoms with E-state index in [1.54, 1.807) is 0 Å². The minimum Gasteiger partial charge on any atom is -0.372 e. The fourth-order valence-electron chi connectivity index (χ4n) is 1.73. The van der Waals surface area contributed by atoms with Gasteiger partial charge in [0.1, 0.15) is 0 Å². The van der Waals surface area contributed by atoms with E-state index in [-0.39, 0.29) is 6.41 Å². The van der Waals surface area contributed by atoms with Gasteiger partial charge < -0.3 is 11.1 Å². The van der Waals surface area contributed by atoms with Crippen molar-refractivity contribution >= 4 is 6.41 Å². The molecular weight excluding hydrogens is 392 g/mol. The zero-order chi connectivity index (χ0) is 25.3. The van der Waals surface area contributed by atoms with Gasteiger partial charge in [0, 0.05) is 0 Å². The van der Waals surface area contributed by atoms with E-state index in [1.165, 1.54) is 24.9 Å². The van der Waals surface area contributed by atoms with Crippen LogP contribution in [0.2, 0.25) is 0 Å². The fourth-order valence-corrected chi connectivity index (χ4v) is 1.73. The van der Waals surface area contributed by atoms with Gasteiger partial charge in [0.2, 0.25) is 6.41 Å². The molecule has 0 unspecified atom stereocenters. The number of primary amides is 1. The van der Waals surface area contributed by atoms with Crippen LogP contribution in [0.5, 0.6) is 0 Å². The Kier molecular flexibility index (Phi) is 45.2. The second-order valence-electron chi connectivity index (χ2n) is 6.53. The first-order chi connectivity index (χ1) is 15.6. The number of hydrogen-bond donors (Lipinski definition) is 2. The first-order valence-corrected chi connectivity index (χ1v) is 11.9. The molecule has 3 N–H and O–H groups in total. The lowest BCUT2D eigenvalue weighted by atomic mass is 10.2. The summed E-state index contributed by atoms with van der Waals surface area (Å²) in [6.45, 7) is 15.5. The SMILES string of the molecule is C/C=C\C.C/C=C\C/C=C\C=C/CC.CC.CNCC1CC1.Cc1ccccc1.NC=O. The first-order valence-electron chi connectivity index (χ1n) is 11.9. The van der Waals surface area contributed by atoms with Crippen LogP contribution in [-0.4, -0.2) is 20.0 Å². The van der Waals surface area contributed by atoms with E-state index in [2.05, 4.69) is 73.5 Å². The molecule has 0 bridgehead atoms. The standard InChI is InChI=1S/C10H16.C7H8.C5H11N.C4H8.C2H6.CH3NO/c1-3-5-7-9-10-8-6-4-2;1-7-5-3-2-4-6-7;1-6-4-5-2-3-5;1-3-4-2;1-2;2-1-3/h3,5-6,8-10H,4,7H2,1-2H3;2-6H,1H3;5-6H,2-4H2,1H3;3-4H,1-2H3;1-2H3;1H,(H2,2,3)/b5-3-,8-6-,10-9-;;;4-3-;;. The predicted octanol–water partition coefficient (Wildman–Crippen LogP) is 7.80. The highest BCUT2D eigenvalue weighted by molar-refractivity contribution is 5.42. The number of aryl methyl sites for hydroxylation is 1. The molecule has 32 heavy (non-hydrogen) atoms. The van der Waals surface area contributed by atoms with Gasteiger partial charge in [0.25, 0.3) is 0 Å². The molecule has 1 fully saturated rings. The summed E-state index contributed by atoms with van der Waals surface area (Å²) in [6.07, 6.45) is 22.0. The van der Waals surface area contributed by atoms with Crippen molar-refractivity contribution in [3.05, 3.63) is 84.5 Å². The number of nitrogens with two attached hydrogens (primary N) is 1. The fraction of sp³-hybridized carbons (Fsp3) is 0.483. The Morgan fingerprint density at radius 1 is 0.938 bits per heavy atom. The van der Waals surface area contributed by atoms with E-state index < -0.39 is 0 Å². The lowest BCUT2D eigenvalue weighted by Crippen LogP contribution is -2.08. The number of rotatable bonds is 6. The van der Waals surface area contributed by atoms with Crippen LogP contribution in [0.1, 0.15) is 72.8 Å². The molecule has 0 heterocycles. The average Bonchev–Trinajstić information content (AvgIpc) is 3.64. The number of nitrogens with one attached hydrogen (secondary N) is 1. The van der Waals surface area contributed by atoms with Crippen molar-refractivity contribution in [3.8, 4) is 0 Å². The molecule has 184 valence electrons. The molecule has 1 aliphatic carbocycles. The van der Waals surface area contributed by atoms with E-state index in [1.807, 2.05) is 72.0 Å². The molecule has 1 saturated carbocycles. The molecule has 0 aromatic heterocycles. The highest BCUT2D eigenvalue weighted by Crippen LogP contribution is 2.27. The molecule has 0 saturated heterocycles. The van der Waals surface area contributed by atoms with Crippen molar-refractivity contribution in [3.63, 3.8) is 0 Å². The second kappa shape index (κ2) is 39.1. The van der Waals surface area contributed by atoms with Crippen LogP contribution in [0, 0.1) is 12.8 Å². The third-order valence-electron chi connectivity index (χ3n) is 3.59. The van der Waals surface area contributed by atoms with Gasteiger partial charge in [0.05, 0.1) is 0 Å². The van der Waals surface area contributed by atoms with Gasteiger partial charge in [-0.1, -0.05) is 105 Å². The highest BCUT2D eigenvalue weighted by Gasteiger charge is 2.19. The Bertz CT molecular complexity index is 538. The maximum Gasteiger partial charge on any atom is 0.204 e. The summed E-state index contributed by atoms with van der Waals surface area (Å²) in [5.74, 6) is 1.04. The third-order valence-corrected chi connectivity index (χ3v) is 3.59. The van der Waals surface area contributed by atoms with Crippen LogP contribution >= 0.6 is 0 Å². The molecule has 0 spiro atoms.